The van der Waals surface area contributed by atoms with Crippen LogP contribution in [0.25, 0.3) is 0 Å². The summed E-state index contributed by atoms with van der Waals surface area (Å²) in [5.41, 5.74) is 6.51. The smallest absolute Gasteiger partial charge is 0.142 e. The van der Waals surface area contributed by atoms with Gasteiger partial charge in [-0.1, -0.05) is 24.1 Å². The van der Waals surface area contributed by atoms with Crippen LogP contribution in [-0.2, 0) is 0 Å². The van der Waals surface area contributed by atoms with Crippen molar-refractivity contribution >= 4 is 24.0 Å². The first-order valence-corrected chi connectivity index (χ1v) is 5.86. The lowest BCUT2D eigenvalue weighted by atomic mass is 9.77. The maximum Gasteiger partial charge on any atom is 0.142 e. The zero-order chi connectivity index (χ0) is 11.7. The fourth-order valence-corrected chi connectivity index (χ4v) is 2.11. The third-order valence-corrected chi connectivity index (χ3v) is 3.64. The molecule has 0 spiro atoms. The van der Waals surface area contributed by atoms with Gasteiger partial charge in [-0.3, -0.25) is 0 Å². The zero-order valence-corrected chi connectivity index (χ0v) is 10.8. The maximum atomic E-state index is 13.2. The van der Waals surface area contributed by atoms with E-state index in [0.717, 1.165) is 19.3 Å². The Hall–Kier alpha value is -0.350. The Balaban J connectivity index is 0.00000144. The van der Waals surface area contributed by atoms with E-state index >= 15 is 0 Å². The normalized spacial score (nSPS) is 19.1. The van der Waals surface area contributed by atoms with Crippen molar-refractivity contribution in [1.29, 1.82) is 0 Å². The first kappa shape index (κ1) is 14.7. The van der Waals surface area contributed by atoms with Gasteiger partial charge in [0.2, 0.25) is 0 Å². The predicted molar refractivity (Wildman–Crippen MR) is 68.9 cm³/mol. The Labute approximate surface area is 111 Å². The van der Waals surface area contributed by atoms with E-state index in [1.165, 1.54) is 12.1 Å². The van der Waals surface area contributed by atoms with Crippen molar-refractivity contribution in [3.63, 3.8) is 0 Å². The quantitative estimate of drug-likeness (QED) is 0.893. The molecule has 5 heteroatoms. The van der Waals surface area contributed by atoms with Crippen molar-refractivity contribution in [1.82, 2.24) is 0 Å². The molecule has 1 saturated carbocycles. The summed E-state index contributed by atoms with van der Waals surface area (Å²) in [5.74, 6) is -0.232. The van der Waals surface area contributed by atoms with Crippen molar-refractivity contribution in [3.05, 3.63) is 34.6 Å². The van der Waals surface area contributed by atoms with Gasteiger partial charge in [-0.15, -0.1) is 12.4 Å². The average Bonchev–Trinajstić information content (AvgIpc) is 2.18. The summed E-state index contributed by atoms with van der Waals surface area (Å²) in [6.07, 6.45) is 2.56. The van der Waals surface area contributed by atoms with E-state index in [9.17, 15) is 9.50 Å². The van der Waals surface area contributed by atoms with E-state index in [1.807, 2.05) is 0 Å². The standard InChI is InChI=1S/C12H15ClFNO.ClH/c13-9-5-4-8(6-10(9)14)11(15)12(16)7-2-1-3-7;/h4-7,11-12,16H,1-3,15H2;1H/t11-,12+;/m0./s1. The molecule has 0 unspecified atom stereocenters. The van der Waals surface area contributed by atoms with Crippen LogP contribution in [-0.4, -0.2) is 11.2 Å². The molecule has 1 aromatic rings. The van der Waals surface area contributed by atoms with Crippen LogP contribution in [0, 0.1) is 11.7 Å². The Morgan fingerprint density at radius 2 is 2.06 bits per heavy atom. The van der Waals surface area contributed by atoms with Crippen molar-refractivity contribution in [2.45, 2.75) is 31.4 Å². The molecule has 3 N–H and O–H groups in total. The minimum Gasteiger partial charge on any atom is -0.391 e. The number of hydrogen-bond donors (Lipinski definition) is 2. The number of hydrogen-bond acceptors (Lipinski definition) is 2. The van der Waals surface area contributed by atoms with Gasteiger partial charge in [-0.25, -0.2) is 4.39 Å². The molecule has 0 saturated heterocycles. The fraction of sp³-hybridized carbons (Fsp3) is 0.500. The molecule has 0 aliphatic heterocycles. The summed E-state index contributed by atoms with van der Waals surface area (Å²) < 4.78 is 13.2. The summed E-state index contributed by atoms with van der Waals surface area (Å²) >= 11 is 5.59. The summed E-state index contributed by atoms with van der Waals surface area (Å²) in [7, 11) is 0. The lowest BCUT2D eigenvalue weighted by molar-refractivity contribution is 0.0413. The number of aliphatic hydroxyl groups is 1. The molecule has 1 aromatic carbocycles. The lowest BCUT2D eigenvalue weighted by Gasteiger charge is -2.33. The Bertz CT molecular complexity index is 385. The van der Waals surface area contributed by atoms with E-state index < -0.39 is 18.0 Å². The second-order valence-corrected chi connectivity index (χ2v) is 4.79. The first-order chi connectivity index (χ1) is 7.59. The van der Waals surface area contributed by atoms with Crippen LogP contribution in [0.2, 0.25) is 5.02 Å². The molecule has 1 aliphatic rings. The lowest BCUT2D eigenvalue weighted by Crippen LogP contribution is -2.36. The van der Waals surface area contributed by atoms with E-state index in [-0.39, 0.29) is 23.3 Å². The number of aliphatic hydroxyl groups excluding tert-OH is 1. The summed E-state index contributed by atoms with van der Waals surface area (Å²) in [5, 5.41) is 10.0. The highest BCUT2D eigenvalue weighted by Gasteiger charge is 2.30. The maximum absolute atomic E-state index is 13.2. The summed E-state index contributed by atoms with van der Waals surface area (Å²) in [4.78, 5) is 0. The van der Waals surface area contributed by atoms with Gasteiger partial charge in [-0.2, -0.15) is 0 Å². The SMILES string of the molecule is Cl.N[C@@H](c1ccc(Cl)c(F)c1)[C@H](O)C1CCC1. The fourth-order valence-electron chi connectivity index (χ4n) is 1.99. The van der Waals surface area contributed by atoms with E-state index in [2.05, 4.69) is 0 Å². The molecule has 0 radical (unpaired) electrons. The van der Waals surface area contributed by atoms with Gasteiger partial charge >= 0.3 is 0 Å². The Kier molecular flexibility index (Phi) is 5.20. The van der Waals surface area contributed by atoms with Gasteiger partial charge in [0.1, 0.15) is 5.82 Å². The van der Waals surface area contributed by atoms with Crippen LogP contribution in [0.3, 0.4) is 0 Å². The molecule has 0 bridgehead atoms. The molecule has 0 heterocycles. The molecular formula is C12H16Cl2FNO. The van der Waals surface area contributed by atoms with Gasteiger partial charge < -0.3 is 10.8 Å². The van der Waals surface area contributed by atoms with Crippen LogP contribution in [0.5, 0.6) is 0 Å². The zero-order valence-electron chi connectivity index (χ0n) is 9.27. The Morgan fingerprint density at radius 1 is 1.41 bits per heavy atom. The van der Waals surface area contributed by atoms with Crippen molar-refractivity contribution in [3.8, 4) is 0 Å². The second kappa shape index (κ2) is 6.01. The number of benzene rings is 1. The van der Waals surface area contributed by atoms with E-state index in [4.69, 9.17) is 17.3 Å². The predicted octanol–water partition coefficient (Wildman–Crippen LogP) is 3.06. The molecule has 2 atom stereocenters. The molecule has 96 valence electrons. The van der Waals surface area contributed by atoms with E-state index in [0.29, 0.717) is 5.56 Å². The number of halogens is 3. The van der Waals surface area contributed by atoms with Gasteiger partial charge in [0, 0.05) is 0 Å². The minimum absolute atomic E-state index is 0. The van der Waals surface area contributed by atoms with Crippen molar-refractivity contribution in [2.75, 3.05) is 0 Å². The highest BCUT2D eigenvalue weighted by molar-refractivity contribution is 6.30. The first-order valence-electron chi connectivity index (χ1n) is 5.48. The molecule has 2 rings (SSSR count). The molecule has 0 aromatic heterocycles. The van der Waals surface area contributed by atoms with Crippen LogP contribution in [0.1, 0.15) is 30.9 Å². The third-order valence-electron chi connectivity index (χ3n) is 3.33. The highest BCUT2D eigenvalue weighted by atomic mass is 35.5. The van der Waals surface area contributed by atoms with Crippen LogP contribution in [0.15, 0.2) is 18.2 Å². The highest BCUT2D eigenvalue weighted by Crippen LogP contribution is 2.34. The third kappa shape index (κ3) is 3.10. The number of rotatable bonds is 3. The second-order valence-electron chi connectivity index (χ2n) is 4.38. The van der Waals surface area contributed by atoms with Gasteiger partial charge in [0.25, 0.3) is 0 Å². The summed E-state index contributed by atoms with van der Waals surface area (Å²) in [6, 6.07) is 3.91. The van der Waals surface area contributed by atoms with Crippen LogP contribution in [0.4, 0.5) is 4.39 Å². The monoisotopic (exact) mass is 279 g/mol. The van der Waals surface area contributed by atoms with Crippen molar-refractivity contribution < 1.29 is 9.50 Å². The largest absolute Gasteiger partial charge is 0.391 e. The van der Waals surface area contributed by atoms with Crippen molar-refractivity contribution in [2.24, 2.45) is 11.7 Å². The van der Waals surface area contributed by atoms with E-state index in [1.54, 1.807) is 6.07 Å². The summed E-state index contributed by atoms with van der Waals surface area (Å²) in [6.45, 7) is 0. The average molecular weight is 280 g/mol. The van der Waals surface area contributed by atoms with Crippen LogP contribution >= 0.6 is 24.0 Å². The minimum atomic E-state index is -0.589. The molecule has 1 aliphatic carbocycles. The van der Waals surface area contributed by atoms with Gasteiger partial charge in [-0.05, 0) is 36.5 Å². The Morgan fingerprint density at radius 3 is 2.53 bits per heavy atom. The topological polar surface area (TPSA) is 46.2 Å². The molecule has 0 amide bonds. The number of nitrogens with two attached hydrogens (primary N) is 1. The molecule has 1 fully saturated rings. The van der Waals surface area contributed by atoms with Gasteiger partial charge in [0.05, 0.1) is 17.2 Å². The van der Waals surface area contributed by atoms with Gasteiger partial charge in [0.15, 0.2) is 0 Å². The molecule has 17 heavy (non-hydrogen) atoms. The van der Waals surface area contributed by atoms with Crippen LogP contribution < -0.4 is 5.73 Å². The molecule has 2 nitrogen and oxygen atoms in total. The molecular weight excluding hydrogens is 264 g/mol.